The summed E-state index contributed by atoms with van der Waals surface area (Å²) in [4.78, 5) is 24.2. The molecule has 1 heterocycles. The monoisotopic (exact) mass is 350 g/mol. The van der Waals surface area contributed by atoms with Gasteiger partial charge in [-0.1, -0.05) is 38.1 Å². The van der Waals surface area contributed by atoms with Crippen molar-refractivity contribution < 1.29 is 14.3 Å². The molecule has 0 saturated carbocycles. The van der Waals surface area contributed by atoms with Crippen molar-refractivity contribution in [1.29, 1.82) is 0 Å². The molecule has 0 unspecified atom stereocenters. The Balaban J connectivity index is 1.68. The summed E-state index contributed by atoms with van der Waals surface area (Å²) in [5.74, 6) is 0.998. The maximum absolute atomic E-state index is 12.1. The maximum Gasteiger partial charge on any atom is 0.291 e. The van der Waals surface area contributed by atoms with Crippen molar-refractivity contribution in [3.8, 4) is 5.75 Å². The largest absolute Gasteiger partial charge is 0.449 e. The van der Waals surface area contributed by atoms with Crippen molar-refractivity contribution in [2.75, 3.05) is 11.9 Å². The standard InChI is InChI=1S/C21H22N2O3/c1-14(2)11-12-22-20(24)16-9-7-15(8-10-16)13-19-21(25)23-17-5-3-4-6-18(17)26-19/h3-10,13-14H,11-12H2,1-2H3,(H,22,24)(H,23,25). The number of anilines is 1. The zero-order valence-electron chi connectivity index (χ0n) is 14.9. The van der Waals surface area contributed by atoms with Crippen molar-refractivity contribution >= 4 is 23.6 Å². The van der Waals surface area contributed by atoms with Crippen molar-refractivity contribution in [2.24, 2.45) is 5.92 Å². The van der Waals surface area contributed by atoms with Gasteiger partial charge >= 0.3 is 0 Å². The third kappa shape index (κ3) is 4.30. The molecule has 5 heteroatoms. The van der Waals surface area contributed by atoms with Crippen molar-refractivity contribution in [2.45, 2.75) is 20.3 Å². The van der Waals surface area contributed by atoms with E-state index in [-0.39, 0.29) is 17.6 Å². The van der Waals surface area contributed by atoms with Gasteiger partial charge in [0.1, 0.15) is 0 Å². The molecule has 5 nitrogen and oxygen atoms in total. The SMILES string of the molecule is CC(C)CCNC(=O)c1ccc(C=C2Oc3ccccc3NC2=O)cc1. The van der Waals surface area contributed by atoms with E-state index in [0.29, 0.717) is 29.5 Å². The molecule has 0 aromatic heterocycles. The minimum absolute atomic E-state index is 0.0922. The van der Waals surface area contributed by atoms with Crippen LogP contribution in [-0.4, -0.2) is 18.4 Å². The fourth-order valence-electron chi connectivity index (χ4n) is 2.56. The zero-order chi connectivity index (χ0) is 18.5. The molecule has 3 rings (SSSR count). The van der Waals surface area contributed by atoms with Crippen LogP contribution in [-0.2, 0) is 4.79 Å². The van der Waals surface area contributed by atoms with Gasteiger partial charge in [0, 0.05) is 12.1 Å². The van der Waals surface area contributed by atoms with Crippen LogP contribution in [0.25, 0.3) is 6.08 Å². The summed E-state index contributed by atoms with van der Waals surface area (Å²) in [6, 6.07) is 14.3. The number of rotatable bonds is 5. The Morgan fingerprint density at radius 1 is 1.15 bits per heavy atom. The highest BCUT2D eigenvalue weighted by Gasteiger charge is 2.21. The molecule has 1 aliphatic heterocycles. The normalized spacial score (nSPS) is 14.6. The minimum atomic E-state index is -0.292. The van der Waals surface area contributed by atoms with E-state index in [1.54, 1.807) is 42.5 Å². The van der Waals surface area contributed by atoms with Gasteiger partial charge in [0.25, 0.3) is 11.8 Å². The highest BCUT2D eigenvalue weighted by atomic mass is 16.5. The van der Waals surface area contributed by atoms with Gasteiger partial charge in [-0.3, -0.25) is 9.59 Å². The lowest BCUT2D eigenvalue weighted by atomic mass is 10.1. The van der Waals surface area contributed by atoms with Crippen LogP contribution in [0.1, 0.15) is 36.2 Å². The predicted molar refractivity (Wildman–Crippen MR) is 102 cm³/mol. The van der Waals surface area contributed by atoms with Gasteiger partial charge in [-0.25, -0.2) is 0 Å². The van der Waals surface area contributed by atoms with Gasteiger partial charge in [0.05, 0.1) is 5.69 Å². The average Bonchev–Trinajstić information content (AvgIpc) is 2.62. The number of ether oxygens (including phenoxy) is 1. The molecular formula is C21H22N2O3. The summed E-state index contributed by atoms with van der Waals surface area (Å²) in [6.45, 7) is 4.91. The third-order valence-corrected chi connectivity index (χ3v) is 4.06. The van der Waals surface area contributed by atoms with E-state index >= 15 is 0 Å². The topological polar surface area (TPSA) is 67.4 Å². The number of benzene rings is 2. The maximum atomic E-state index is 12.1. The first-order valence-electron chi connectivity index (χ1n) is 8.71. The molecule has 26 heavy (non-hydrogen) atoms. The Morgan fingerprint density at radius 3 is 2.62 bits per heavy atom. The van der Waals surface area contributed by atoms with Crippen LogP contribution in [0, 0.1) is 5.92 Å². The predicted octanol–water partition coefficient (Wildman–Crippen LogP) is 3.83. The number of amides is 2. The Hall–Kier alpha value is -3.08. The molecule has 2 N–H and O–H groups in total. The van der Waals surface area contributed by atoms with Gasteiger partial charge in [-0.15, -0.1) is 0 Å². The molecule has 2 aromatic carbocycles. The Bertz CT molecular complexity index is 839. The lowest BCUT2D eigenvalue weighted by Crippen LogP contribution is -2.25. The fourth-order valence-corrected chi connectivity index (χ4v) is 2.56. The van der Waals surface area contributed by atoms with E-state index in [0.717, 1.165) is 12.0 Å². The molecule has 2 amide bonds. The molecule has 0 spiro atoms. The molecule has 0 fully saturated rings. The fraction of sp³-hybridized carbons (Fsp3) is 0.238. The molecule has 134 valence electrons. The second kappa shape index (κ2) is 7.87. The third-order valence-electron chi connectivity index (χ3n) is 4.06. The number of carbonyl (C=O) groups excluding carboxylic acids is 2. The lowest BCUT2D eigenvalue weighted by molar-refractivity contribution is -0.115. The summed E-state index contributed by atoms with van der Waals surface area (Å²) in [6.07, 6.45) is 2.61. The molecule has 0 bridgehead atoms. The summed E-state index contributed by atoms with van der Waals surface area (Å²) in [5.41, 5.74) is 2.03. The number of nitrogens with one attached hydrogen (secondary N) is 2. The van der Waals surface area contributed by atoms with Crippen LogP contribution >= 0.6 is 0 Å². The van der Waals surface area contributed by atoms with E-state index in [4.69, 9.17) is 4.74 Å². The number of hydrogen-bond acceptors (Lipinski definition) is 3. The summed E-state index contributed by atoms with van der Waals surface area (Å²) >= 11 is 0. The van der Waals surface area contributed by atoms with Crippen LogP contribution in [0.3, 0.4) is 0 Å². The summed E-state index contributed by atoms with van der Waals surface area (Å²) in [7, 11) is 0. The first-order chi connectivity index (χ1) is 12.5. The number of fused-ring (bicyclic) bond motifs is 1. The molecule has 0 saturated heterocycles. The van der Waals surface area contributed by atoms with E-state index in [1.165, 1.54) is 0 Å². The van der Waals surface area contributed by atoms with Crippen molar-refractivity contribution in [1.82, 2.24) is 5.32 Å². The average molecular weight is 350 g/mol. The zero-order valence-corrected chi connectivity index (χ0v) is 14.9. The molecule has 2 aromatic rings. The van der Waals surface area contributed by atoms with Gasteiger partial charge in [-0.2, -0.15) is 0 Å². The Morgan fingerprint density at radius 2 is 1.88 bits per heavy atom. The Kier molecular flexibility index (Phi) is 5.37. The Labute approximate surface area is 153 Å². The number of para-hydroxylation sites is 2. The first kappa shape index (κ1) is 17.7. The smallest absolute Gasteiger partial charge is 0.291 e. The summed E-state index contributed by atoms with van der Waals surface area (Å²) in [5, 5.41) is 5.70. The minimum Gasteiger partial charge on any atom is -0.449 e. The lowest BCUT2D eigenvalue weighted by Gasteiger charge is -2.19. The van der Waals surface area contributed by atoms with E-state index in [1.807, 2.05) is 12.1 Å². The van der Waals surface area contributed by atoms with Gasteiger partial charge in [-0.05, 0) is 48.2 Å². The second-order valence-electron chi connectivity index (χ2n) is 6.62. The highest BCUT2D eigenvalue weighted by molar-refractivity contribution is 6.08. The van der Waals surface area contributed by atoms with E-state index < -0.39 is 0 Å². The van der Waals surface area contributed by atoms with Gasteiger partial charge in [0.15, 0.2) is 11.5 Å². The van der Waals surface area contributed by atoms with Crippen LogP contribution in [0.2, 0.25) is 0 Å². The van der Waals surface area contributed by atoms with Gasteiger partial charge in [0.2, 0.25) is 0 Å². The first-order valence-corrected chi connectivity index (χ1v) is 8.71. The van der Waals surface area contributed by atoms with Crippen LogP contribution < -0.4 is 15.4 Å². The van der Waals surface area contributed by atoms with Crippen molar-refractivity contribution in [3.63, 3.8) is 0 Å². The van der Waals surface area contributed by atoms with E-state index in [9.17, 15) is 9.59 Å². The summed E-state index contributed by atoms with van der Waals surface area (Å²) < 4.78 is 5.67. The van der Waals surface area contributed by atoms with E-state index in [2.05, 4.69) is 24.5 Å². The number of hydrogen-bond donors (Lipinski definition) is 2. The molecule has 0 atom stereocenters. The quantitative estimate of drug-likeness (QED) is 0.805. The number of carbonyl (C=O) groups is 2. The van der Waals surface area contributed by atoms with Crippen LogP contribution in [0.5, 0.6) is 5.75 Å². The van der Waals surface area contributed by atoms with Crippen LogP contribution in [0.15, 0.2) is 54.3 Å². The van der Waals surface area contributed by atoms with Crippen LogP contribution in [0.4, 0.5) is 5.69 Å². The molecule has 1 aliphatic rings. The second-order valence-corrected chi connectivity index (χ2v) is 6.62. The van der Waals surface area contributed by atoms with Crippen molar-refractivity contribution in [3.05, 3.63) is 65.4 Å². The highest BCUT2D eigenvalue weighted by Crippen LogP contribution is 2.30. The molecule has 0 radical (unpaired) electrons. The molecular weight excluding hydrogens is 328 g/mol. The molecule has 0 aliphatic carbocycles. The van der Waals surface area contributed by atoms with Gasteiger partial charge < -0.3 is 15.4 Å².